The minimum Gasteiger partial charge on any atom is -0.468 e. The quantitative estimate of drug-likeness (QED) is 0.668. The van der Waals surface area contributed by atoms with Crippen molar-refractivity contribution in [3.05, 3.63) is 0 Å². The van der Waals surface area contributed by atoms with Crippen LogP contribution in [-0.2, 0) is 9.53 Å². The minimum absolute atomic E-state index is 0.179. The average molecular weight is 285 g/mol. The summed E-state index contributed by atoms with van der Waals surface area (Å²) in [6.45, 7) is 8.91. The highest BCUT2D eigenvalue weighted by molar-refractivity contribution is 5.80. The zero-order chi connectivity index (χ0) is 15.2. The lowest BCUT2D eigenvalue weighted by molar-refractivity contribution is -0.148. The van der Waals surface area contributed by atoms with E-state index in [1.54, 1.807) is 0 Å². The second-order valence-corrected chi connectivity index (χ2v) is 6.36. The third-order valence-electron chi connectivity index (χ3n) is 4.05. The van der Waals surface area contributed by atoms with E-state index in [0.717, 1.165) is 26.1 Å². The van der Waals surface area contributed by atoms with Gasteiger partial charge in [0.2, 0.25) is 0 Å². The molecule has 1 rings (SSSR count). The van der Waals surface area contributed by atoms with Gasteiger partial charge in [-0.2, -0.15) is 0 Å². The number of carbonyl (C=O) groups excluding carboxylic acids is 1. The molecule has 1 heterocycles. The summed E-state index contributed by atoms with van der Waals surface area (Å²) in [7, 11) is 5.72. The van der Waals surface area contributed by atoms with Gasteiger partial charge >= 0.3 is 5.97 Å². The van der Waals surface area contributed by atoms with Gasteiger partial charge in [0.15, 0.2) is 0 Å². The van der Waals surface area contributed by atoms with Crippen molar-refractivity contribution in [2.24, 2.45) is 5.92 Å². The molecule has 0 spiro atoms. The molecule has 1 aliphatic heterocycles. The van der Waals surface area contributed by atoms with Gasteiger partial charge in [-0.3, -0.25) is 4.79 Å². The monoisotopic (exact) mass is 285 g/mol. The van der Waals surface area contributed by atoms with E-state index in [1.807, 2.05) is 6.92 Å². The van der Waals surface area contributed by atoms with E-state index in [9.17, 15) is 4.79 Å². The summed E-state index contributed by atoms with van der Waals surface area (Å²) in [6.07, 6.45) is 2.25. The second-order valence-electron chi connectivity index (χ2n) is 6.36. The number of nitrogens with one attached hydrogen (secondary N) is 1. The van der Waals surface area contributed by atoms with Crippen molar-refractivity contribution in [2.45, 2.75) is 32.2 Å². The maximum Gasteiger partial charge on any atom is 0.327 e. The summed E-state index contributed by atoms with van der Waals surface area (Å²) >= 11 is 0. The van der Waals surface area contributed by atoms with Gasteiger partial charge in [0.25, 0.3) is 0 Å². The third kappa shape index (κ3) is 5.04. The smallest absolute Gasteiger partial charge is 0.327 e. The molecule has 0 aromatic heterocycles. The van der Waals surface area contributed by atoms with Crippen molar-refractivity contribution < 1.29 is 9.53 Å². The second kappa shape index (κ2) is 7.96. The fourth-order valence-corrected chi connectivity index (χ4v) is 3.04. The highest BCUT2D eigenvalue weighted by atomic mass is 16.5. The first-order valence-corrected chi connectivity index (χ1v) is 7.61. The predicted octanol–water partition coefficient (Wildman–Crippen LogP) is 0.801. The highest BCUT2D eigenvalue weighted by Gasteiger charge is 2.35. The number of hydrogen-bond acceptors (Lipinski definition) is 5. The summed E-state index contributed by atoms with van der Waals surface area (Å²) < 4.78 is 4.96. The summed E-state index contributed by atoms with van der Waals surface area (Å²) in [4.78, 5) is 16.7. The van der Waals surface area contributed by atoms with Crippen molar-refractivity contribution in [1.29, 1.82) is 0 Å². The minimum atomic E-state index is -0.621. The Morgan fingerprint density at radius 3 is 2.75 bits per heavy atom. The van der Waals surface area contributed by atoms with Crippen molar-refractivity contribution in [3.8, 4) is 0 Å². The fraction of sp³-hybridized carbons (Fsp3) is 0.933. The van der Waals surface area contributed by atoms with Crippen LogP contribution in [0.3, 0.4) is 0 Å². The van der Waals surface area contributed by atoms with Crippen LogP contribution in [0.2, 0.25) is 0 Å². The Kier molecular flexibility index (Phi) is 6.92. The molecule has 0 aromatic rings. The number of likely N-dealkylation sites (N-methyl/N-ethyl adjacent to an activating group) is 1. The molecule has 1 N–H and O–H groups in total. The van der Waals surface area contributed by atoms with Crippen LogP contribution in [-0.4, -0.2) is 75.2 Å². The molecule has 5 nitrogen and oxygen atoms in total. The first-order chi connectivity index (χ1) is 9.41. The molecule has 20 heavy (non-hydrogen) atoms. The molecule has 2 atom stereocenters. The Morgan fingerprint density at radius 2 is 2.25 bits per heavy atom. The van der Waals surface area contributed by atoms with Gasteiger partial charge in [-0.25, -0.2) is 0 Å². The lowest BCUT2D eigenvalue weighted by atomic mass is 10.0. The number of ether oxygens (including phenoxy) is 1. The van der Waals surface area contributed by atoms with Gasteiger partial charge in [0.05, 0.1) is 7.11 Å². The summed E-state index contributed by atoms with van der Waals surface area (Å²) in [5.41, 5.74) is -0.621. The summed E-state index contributed by atoms with van der Waals surface area (Å²) in [5, 5.41) is 3.33. The van der Waals surface area contributed by atoms with Crippen LogP contribution in [0.1, 0.15) is 26.7 Å². The Hall–Kier alpha value is -0.650. The van der Waals surface area contributed by atoms with Crippen LogP contribution in [0.5, 0.6) is 0 Å². The fourth-order valence-electron chi connectivity index (χ4n) is 3.04. The third-order valence-corrected chi connectivity index (χ3v) is 4.05. The molecule has 2 unspecified atom stereocenters. The van der Waals surface area contributed by atoms with E-state index in [-0.39, 0.29) is 5.97 Å². The van der Waals surface area contributed by atoms with Crippen LogP contribution >= 0.6 is 0 Å². The lowest BCUT2D eigenvalue weighted by Crippen LogP contribution is -2.57. The largest absolute Gasteiger partial charge is 0.468 e. The molecule has 5 heteroatoms. The number of methoxy groups -OCH3 is 1. The topological polar surface area (TPSA) is 44.8 Å². The molecule has 0 saturated carbocycles. The van der Waals surface area contributed by atoms with Gasteiger partial charge in [0, 0.05) is 19.6 Å². The van der Waals surface area contributed by atoms with Crippen LogP contribution in [0.25, 0.3) is 0 Å². The summed E-state index contributed by atoms with van der Waals surface area (Å²) in [5.74, 6) is 0.527. The standard InChI is InChI=1S/C15H31N3O2/c1-6-8-16-15(2,14(19)20-5)12-18(4)11-13-7-9-17(3)10-13/h13,16H,6-12H2,1-5H3. The highest BCUT2D eigenvalue weighted by Crippen LogP contribution is 2.17. The first kappa shape index (κ1) is 17.4. The van der Waals surface area contributed by atoms with Crippen molar-refractivity contribution in [3.63, 3.8) is 0 Å². The first-order valence-electron chi connectivity index (χ1n) is 7.61. The summed E-state index contributed by atoms with van der Waals surface area (Å²) in [6, 6.07) is 0. The Balaban J connectivity index is 2.52. The van der Waals surface area contributed by atoms with Crippen molar-refractivity contribution in [1.82, 2.24) is 15.1 Å². The lowest BCUT2D eigenvalue weighted by Gasteiger charge is -2.33. The predicted molar refractivity (Wildman–Crippen MR) is 81.8 cm³/mol. The van der Waals surface area contributed by atoms with E-state index in [1.165, 1.54) is 20.1 Å². The van der Waals surface area contributed by atoms with E-state index >= 15 is 0 Å². The van der Waals surface area contributed by atoms with Crippen LogP contribution in [0, 0.1) is 5.92 Å². The van der Waals surface area contributed by atoms with E-state index in [4.69, 9.17) is 4.74 Å². The zero-order valence-electron chi connectivity index (χ0n) is 13.7. The van der Waals surface area contributed by atoms with E-state index in [2.05, 4.69) is 36.1 Å². The Labute approximate surface area is 123 Å². The molecule has 1 aliphatic rings. The molecule has 0 aliphatic carbocycles. The normalized spacial score (nSPS) is 23.0. The Morgan fingerprint density at radius 1 is 1.55 bits per heavy atom. The van der Waals surface area contributed by atoms with Gasteiger partial charge in [-0.05, 0) is 52.9 Å². The molecule has 118 valence electrons. The van der Waals surface area contributed by atoms with Crippen LogP contribution < -0.4 is 5.32 Å². The molecule has 0 bridgehead atoms. The van der Waals surface area contributed by atoms with Gasteiger partial charge in [-0.15, -0.1) is 0 Å². The van der Waals surface area contributed by atoms with E-state index < -0.39 is 5.54 Å². The zero-order valence-corrected chi connectivity index (χ0v) is 13.7. The number of rotatable bonds is 8. The molecule has 1 fully saturated rings. The molecule has 0 radical (unpaired) electrons. The molecule has 0 amide bonds. The maximum absolute atomic E-state index is 12.0. The number of carbonyl (C=O) groups is 1. The van der Waals surface area contributed by atoms with Crippen LogP contribution in [0.15, 0.2) is 0 Å². The van der Waals surface area contributed by atoms with Crippen molar-refractivity contribution in [2.75, 3.05) is 53.9 Å². The molecular weight excluding hydrogens is 254 g/mol. The average Bonchev–Trinajstić information content (AvgIpc) is 2.80. The number of likely N-dealkylation sites (tertiary alicyclic amines) is 1. The van der Waals surface area contributed by atoms with Crippen molar-refractivity contribution >= 4 is 5.97 Å². The number of nitrogens with zero attached hydrogens (tertiary/aromatic N) is 2. The van der Waals surface area contributed by atoms with Crippen LogP contribution in [0.4, 0.5) is 0 Å². The van der Waals surface area contributed by atoms with Gasteiger partial charge < -0.3 is 19.9 Å². The number of esters is 1. The van der Waals surface area contributed by atoms with Gasteiger partial charge in [0.1, 0.15) is 5.54 Å². The van der Waals surface area contributed by atoms with E-state index in [0.29, 0.717) is 12.5 Å². The SMILES string of the molecule is CCCNC(C)(CN(C)CC1CCN(C)C1)C(=O)OC. The maximum atomic E-state index is 12.0. The Bertz CT molecular complexity index is 311. The number of hydrogen-bond donors (Lipinski definition) is 1. The molecular formula is C15H31N3O2. The molecule has 1 saturated heterocycles. The van der Waals surface area contributed by atoms with Gasteiger partial charge in [-0.1, -0.05) is 6.92 Å². The molecule has 0 aromatic carbocycles.